The third-order valence-electron chi connectivity index (χ3n) is 5.52. The Balaban J connectivity index is 1.33. The number of rotatable bonds is 7. The van der Waals surface area contributed by atoms with Gasteiger partial charge in [-0.3, -0.25) is 0 Å². The highest BCUT2D eigenvalue weighted by Crippen LogP contribution is 2.39. The molecule has 0 bridgehead atoms. The number of para-hydroxylation sites is 2. The molecule has 0 saturated heterocycles. The van der Waals surface area contributed by atoms with Gasteiger partial charge in [0.05, 0.1) is 29.1 Å². The normalized spacial score (nSPS) is 10.5. The zero-order chi connectivity index (χ0) is 27.2. The van der Waals surface area contributed by atoms with Crippen LogP contribution in [-0.2, 0) is 4.74 Å². The number of thiocarbonyl (C=S) groups is 1. The average molecular weight is 573 g/mol. The van der Waals surface area contributed by atoms with Crippen LogP contribution in [0, 0.1) is 0 Å². The second-order valence-corrected chi connectivity index (χ2v) is 9.90. The minimum atomic E-state index is -0.551. The molecule has 0 saturated carbocycles. The number of carbonyl (C=O) groups excluding carboxylic acids is 1. The first-order chi connectivity index (χ1) is 19.0. The predicted molar refractivity (Wildman–Crippen MR) is 161 cm³/mol. The number of halogens is 1. The molecule has 0 fully saturated rings. The number of methoxy groups -OCH3 is 1. The molecule has 0 aliphatic carbocycles. The summed E-state index contributed by atoms with van der Waals surface area (Å²) in [6.07, 6.45) is 0. The summed E-state index contributed by atoms with van der Waals surface area (Å²) >= 11 is 13.2. The first-order valence-electron chi connectivity index (χ1n) is 11.7. The molecule has 2 heterocycles. The molecule has 0 radical (unpaired) electrons. The Hall–Kier alpha value is -4.38. The van der Waals surface area contributed by atoms with Gasteiger partial charge in [-0.05, 0) is 42.5 Å². The topological polar surface area (TPSA) is 101 Å². The van der Waals surface area contributed by atoms with Gasteiger partial charge in [0.15, 0.2) is 21.8 Å². The number of hydrogen-bond acceptors (Lipinski definition) is 8. The maximum absolute atomic E-state index is 12.5. The highest BCUT2D eigenvalue weighted by molar-refractivity contribution is 7.80. The molecular weight excluding hydrogens is 552 g/mol. The van der Waals surface area contributed by atoms with Gasteiger partial charge in [0.2, 0.25) is 0 Å². The third-order valence-corrected chi connectivity index (χ3v) is 7.05. The van der Waals surface area contributed by atoms with Crippen molar-refractivity contribution in [3.05, 3.63) is 102 Å². The van der Waals surface area contributed by atoms with Gasteiger partial charge in [-0.2, -0.15) is 0 Å². The number of anilines is 4. The molecule has 0 atom stereocenters. The van der Waals surface area contributed by atoms with E-state index in [9.17, 15) is 4.79 Å². The summed E-state index contributed by atoms with van der Waals surface area (Å²) < 4.78 is 4.95. The number of carbonyl (C=O) groups is 1. The molecule has 2 aromatic heterocycles. The van der Waals surface area contributed by atoms with E-state index in [4.69, 9.17) is 28.6 Å². The second-order valence-electron chi connectivity index (χ2n) is 8.09. The van der Waals surface area contributed by atoms with Crippen molar-refractivity contribution >= 4 is 68.6 Å². The highest BCUT2D eigenvalue weighted by atomic mass is 35.5. The van der Waals surface area contributed by atoms with E-state index in [0.29, 0.717) is 42.9 Å². The fourth-order valence-electron chi connectivity index (χ4n) is 3.68. The van der Waals surface area contributed by atoms with Crippen LogP contribution in [-0.4, -0.2) is 33.4 Å². The van der Waals surface area contributed by atoms with E-state index in [2.05, 4.69) is 31.1 Å². The minimum absolute atomic E-state index is 0.179. The zero-order valence-electron chi connectivity index (χ0n) is 20.5. The Morgan fingerprint density at radius 3 is 2.31 bits per heavy atom. The van der Waals surface area contributed by atoms with Crippen molar-refractivity contribution in [2.24, 2.45) is 0 Å². The predicted octanol–water partition coefficient (Wildman–Crippen LogP) is 7.26. The lowest BCUT2D eigenvalue weighted by molar-refractivity contribution is 0.0596. The molecular formula is C28H21ClN6O2S2. The Kier molecular flexibility index (Phi) is 8.07. The van der Waals surface area contributed by atoms with Crippen LogP contribution in [0.25, 0.3) is 21.7 Å². The molecule has 3 N–H and O–H groups in total. The minimum Gasteiger partial charge on any atom is -0.464 e. The SMILES string of the molecule is COC(=O)c1nc(Nc2ccccc2NC(=S)Nc2ccc(-c3ccccc3)nn2)sc1-c1ccccc1Cl. The highest BCUT2D eigenvalue weighted by Gasteiger charge is 2.22. The van der Waals surface area contributed by atoms with Crippen molar-refractivity contribution in [2.45, 2.75) is 0 Å². The Morgan fingerprint density at radius 1 is 0.872 bits per heavy atom. The Morgan fingerprint density at radius 2 is 1.59 bits per heavy atom. The standard InChI is InChI=1S/C28H21ClN6O2S2/c1-37-26(36)24-25(18-11-5-6-12-19(18)29)39-28(33-24)31-22-14-8-7-13-21(22)30-27(38)32-23-16-15-20(34-35-23)17-9-3-2-4-10-17/h2-16H,1H3,(H,31,33)(H2,30,32,35,38). The Labute approximate surface area is 239 Å². The number of esters is 1. The number of benzene rings is 3. The van der Waals surface area contributed by atoms with Crippen molar-refractivity contribution < 1.29 is 9.53 Å². The van der Waals surface area contributed by atoms with Crippen LogP contribution in [0.4, 0.5) is 22.3 Å². The van der Waals surface area contributed by atoms with E-state index in [1.807, 2.05) is 84.9 Å². The first-order valence-corrected chi connectivity index (χ1v) is 13.3. The van der Waals surface area contributed by atoms with Crippen molar-refractivity contribution in [3.8, 4) is 21.7 Å². The lowest BCUT2D eigenvalue weighted by Gasteiger charge is -2.14. The number of aromatic nitrogens is 3. The fraction of sp³-hybridized carbons (Fsp3) is 0.0357. The zero-order valence-corrected chi connectivity index (χ0v) is 22.9. The summed E-state index contributed by atoms with van der Waals surface area (Å²) in [6, 6.07) is 28.2. The number of nitrogens with one attached hydrogen (secondary N) is 3. The van der Waals surface area contributed by atoms with Gasteiger partial charge in [-0.15, -0.1) is 10.2 Å². The molecule has 0 spiro atoms. The summed E-state index contributed by atoms with van der Waals surface area (Å²) in [4.78, 5) is 17.6. The van der Waals surface area contributed by atoms with Crippen LogP contribution in [0.2, 0.25) is 5.02 Å². The maximum atomic E-state index is 12.5. The van der Waals surface area contributed by atoms with Crippen LogP contribution in [0.3, 0.4) is 0 Å². The van der Waals surface area contributed by atoms with E-state index in [1.165, 1.54) is 18.4 Å². The van der Waals surface area contributed by atoms with Gasteiger partial charge in [0.1, 0.15) is 0 Å². The lowest BCUT2D eigenvalue weighted by Crippen LogP contribution is -2.20. The molecule has 194 valence electrons. The van der Waals surface area contributed by atoms with Gasteiger partial charge < -0.3 is 20.7 Å². The van der Waals surface area contributed by atoms with Crippen molar-refractivity contribution in [1.29, 1.82) is 0 Å². The van der Waals surface area contributed by atoms with Crippen molar-refractivity contribution in [3.63, 3.8) is 0 Å². The molecule has 0 amide bonds. The quantitative estimate of drug-likeness (QED) is 0.137. The van der Waals surface area contributed by atoms with E-state index in [-0.39, 0.29) is 5.69 Å². The number of nitrogens with zero attached hydrogens (tertiary/aromatic N) is 3. The lowest BCUT2D eigenvalue weighted by atomic mass is 10.1. The number of ether oxygens (including phenoxy) is 1. The number of thiazole rings is 1. The van der Waals surface area contributed by atoms with E-state index in [0.717, 1.165) is 11.3 Å². The maximum Gasteiger partial charge on any atom is 0.358 e. The van der Waals surface area contributed by atoms with Gasteiger partial charge >= 0.3 is 5.97 Å². The van der Waals surface area contributed by atoms with E-state index >= 15 is 0 Å². The molecule has 8 nitrogen and oxygen atoms in total. The molecule has 5 rings (SSSR count). The third kappa shape index (κ3) is 6.20. The van der Waals surface area contributed by atoms with Crippen LogP contribution < -0.4 is 16.0 Å². The largest absolute Gasteiger partial charge is 0.464 e. The molecule has 0 aliphatic rings. The first kappa shape index (κ1) is 26.2. The molecule has 5 aromatic rings. The van der Waals surface area contributed by atoms with Gasteiger partial charge in [0.25, 0.3) is 0 Å². The van der Waals surface area contributed by atoms with E-state index < -0.39 is 5.97 Å². The average Bonchev–Trinajstić information content (AvgIpc) is 3.38. The van der Waals surface area contributed by atoms with Gasteiger partial charge in [-0.1, -0.05) is 83.6 Å². The Bertz CT molecular complexity index is 1630. The monoisotopic (exact) mass is 572 g/mol. The summed E-state index contributed by atoms with van der Waals surface area (Å²) in [5.74, 6) is -0.0463. The van der Waals surface area contributed by atoms with E-state index in [1.54, 1.807) is 6.07 Å². The second kappa shape index (κ2) is 12.0. The molecule has 11 heteroatoms. The summed E-state index contributed by atoms with van der Waals surface area (Å²) in [5, 5.41) is 19.3. The number of hydrogen-bond donors (Lipinski definition) is 3. The summed E-state index contributed by atoms with van der Waals surface area (Å²) in [7, 11) is 1.32. The summed E-state index contributed by atoms with van der Waals surface area (Å²) in [6.45, 7) is 0. The van der Waals surface area contributed by atoms with Crippen LogP contribution in [0.15, 0.2) is 91.0 Å². The fourth-order valence-corrected chi connectivity index (χ4v) is 5.19. The van der Waals surface area contributed by atoms with Crippen molar-refractivity contribution in [1.82, 2.24) is 15.2 Å². The van der Waals surface area contributed by atoms with Crippen LogP contribution >= 0.6 is 35.2 Å². The van der Waals surface area contributed by atoms with Crippen molar-refractivity contribution in [2.75, 3.05) is 23.1 Å². The molecule has 0 aliphatic heterocycles. The van der Waals surface area contributed by atoms with Gasteiger partial charge in [-0.25, -0.2) is 9.78 Å². The van der Waals surface area contributed by atoms with Crippen LogP contribution in [0.5, 0.6) is 0 Å². The molecule has 3 aromatic carbocycles. The smallest absolute Gasteiger partial charge is 0.358 e. The summed E-state index contributed by atoms with van der Waals surface area (Å²) in [5.41, 5.74) is 4.01. The molecule has 0 unspecified atom stereocenters. The van der Waals surface area contributed by atoms with Crippen LogP contribution in [0.1, 0.15) is 10.5 Å². The molecule has 39 heavy (non-hydrogen) atoms. The van der Waals surface area contributed by atoms with Gasteiger partial charge in [0, 0.05) is 16.1 Å².